The van der Waals surface area contributed by atoms with Gasteiger partial charge in [-0.05, 0) is 67.6 Å². The maximum atomic E-state index is 14.1. The monoisotopic (exact) mass is 619 g/mol. The van der Waals surface area contributed by atoms with Gasteiger partial charge in [-0.25, -0.2) is 4.39 Å². The number of carbonyl (C=O) groups is 3. The Morgan fingerprint density at radius 1 is 1.10 bits per heavy atom. The zero-order valence-corrected chi connectivity index (χ0v) is 25.7. The van der Waals surface area contributed by atoms with Crippen LogP contribution in [0.1, 0.15) is 43.7 Å². The second-order valence-corrected chi connectivity index (χ2v) is 11.9. The van der Waals surface area contributed by atoms with E-state index >= 15 is 0 Å². The summed E-state index contributed by atoms with van der Waals surface area (Å²) in [7, 11) is 1.62. The second kappa shape index (κ2) is 15.1. The van der Waals surface area contributed by atoms with Crippen molar-refractivity contribution >= 4 is 40.9 Å². The van der Waals surface area contributed by atoms with Crippen LogP contribution in [-0.4, -0.2) is 84.9 Å². The second-order valence-electron chi connectivity index (χ2n) is 11.1. The predicted molar refractivity (Wildman–Crippen MR) is 163 cm³/mol. The van der Waals surface area contributed by atoms with Gasteiger partial charge in [0.25, 0.3) is 0 Å². The Bertz CT molecular complexity index is 1240. The third kappa shape index (κ3) is 8.22. The highest BCUT2D eigenvalue weighted by Gasteiger charge is 2.38. The van der Waals surface area contributed by atoms with Crippen molar-refractivity contribution in [2.75, 3.05) is 33.2 Å². The first-order chi connectivity index (χ1) is 20.2. The average molecular weight is 621 g/mol. The van der Waals surface area contributed by atoms with Crippen LogP contribution in [-0.2, 0) is 27.2 Å². The summed E-state index contributed by atoms with van der Waals surface area (Å²) in [6, 6.07) is 9.54. The summed E-state index contributed by atoms with van der Waals surface area (Å²) in [5.41, 5.74) is 1.59. The third-order valence-corrected chi connectivity index (χ3v) is 8.77. The van der Waals surface area contributed by atoms with Gasteiger partial charge in [0.05, 0.1) is 12.1 Å². The van der Waals surface area contributed by atoms with Crippen molar-refractivity contribution in [3.05, 3.63) is 69.5 Å². The Morgan fingerprint density at radius 3 is 2.50 bits per heavy atom. The van der Waals surface area contributed by atoms with Crippen LogP contribution in [0, 0.1) is 5.82 Å². The van der Waals surface area contributed by atoms with Gasteiger partial charge >= 0.3 is 0 Å². The van der Waals surface area contributed by atoms with Crippen LogP contribution >= 0.6 is 23.2 Å². The van der Waals surface area contributed by atoms with Crippen molar-refractivity contribution in [2.24, 2.45) is 0 Å². The number of piperazine rings is 1. The van der Waals surface area contributed by atoms with Crippen LogP contribution in [0.2, 0.25) is 10.0 Å². The number of nitrogens with one attached hydrogen (secondary N) is 3. The van der Waals surface area contributed by atoms with E-state index in [9.17, 15) is 18.8 Å². The highest BCUT2D eigenvalue weighted by Crippen LogP contribution is 2.26. The molecule has 2 fully saturated rings. The molecule has 2 aliphatic rings. The molecule has 8 nitrogen and oxygen atoms in total. The Morgan fingerprint density at radius 2 is 1.86 bits per heavy atom. The number of hydrogen-bond acceptors (Lipinski definition) is 5. The topological polar surface area (TPSA) is 93.8 Å². The summed E-state index contributed by atoms with van der Waals surface area (Å²) in [5, 5.41) is 10.0. The summed E-state index contributed by atoms with van der Waals surface area (Å²) >= 11 is 12.5. The number of amides is 3. The van der Waals surface area contributed by atoms with Gasteiger partial charge in [-0.3, -0.25) is 19.3 Å². The van der Waals surface area contributed by atoms with E-state index in [-0.39, 0.29) is 42.0 Å². The molecule has 228 valence electrons. The summed E-state index contributed by atoms with van der Waals surface area (Å²) in [4.78, 5) is 44.3. The fourth-order valence-electron chi connectivity index (χ4n) is 5.92. The van der Waals surface area contributed by atoms with Crippen molar-refractivity contribution in [3.63, 3.8) is 0 Å². The molecule has 0 aromatic heterocycles. The lowest BCUT2D eigenvalue weighted by Gasteiger charge is -2.45. The zero-order valence-electron chi connectivity index (χ0n) is 24.2. The predicted octanol–water partition coefficient (Wildman–Crippen LogP) is 3.58. The van der Waals surface area contributed by atoms with E-state index in [4.69, 9.17) is 23.2 Å². The molecule has 3 N–H and O–H groups in total. The number of benzene rings is 2. The van der Waals surface area contributed by atoms with Crippen molar-refractivity contribution in [1.29, 1.82) is 0 Å². The van der Waals surface area contributed by atoms with Gasteiger partial charge < -0.3 is 20.9 Å². The van der Waals surface area contributed by atoms with E-state index in [1.807, 2.05) is 11.0 Å². The summed E-state index contributed by atoms with van der Waals surface area (Å²) in [6.07, 6.45) is 3.87. The molecular weight excluding hydrogens is 580 g/mol. The first-order valence-corrected chi connectivity index (χ1v) is 15.4. The zero-order chi connectivity index (χ0) is 30.2. The molecule has 3 amide bonds. The lowest BCUT2D eigenvalue weighted by atomic mass is 9.98. The molecule has 2 heterocycles. The first kappa shape index (κ1) is 32.2. The van der Waals surface area contributed by atoms with E-state index in [1.54, 1.807) is 31.3 Å². The number of rotatable bonds is 11. The van der Waals surface area contributed by atoms with Crippen molar-refractivity contribution < 1.29 is 18.8 Å². The van der Waals surface area contributed by atoms with Gasteiger partial charge in [0, 0.05) is 49.2 Å². The Balaban J connectivity index is 1.54. The standard InChI is InChI=1S/C31H40Cl2FN5O3/c1-3-5-24-19-38(28(30(41)35-2)17-21-9-10-22(32)18-25(21)33)14-15-39(24)31(42)27(16-20-7-11-23(34)12-8-20)37-29(40)26-6-4-13-36-26/h7-12,18,24,26-28,36H,3-6,13-17,19H2,1-2H3,(H,35,41)(H,37,40). The first-order valence-electron chi connectivity index (χ1n) is 14.7. The van der Waals surface area contributed by atoms with Crippen molar-refractivity contribution in [1.82, 2.24) is 25.8 Å². The lowest BCUT2D eigenvalue weighted by molar-refractivity contribution is -0.142. The quantitative estimate of drug-likeness (QED) is 0.357. The molecule has 0 aliphatic carbocycles. The van der Waals surface area contributed by atoms with Crippen LogP contribution in [0.5, 0.6) is 0 Å². The van der Waals surface area contributed by atoms with Crippen molar-refractivity contribution in [3.8, 4) is 0 Å². The molecule has 2 aromatic carbocycles. The normalized spacial score (nSPS) is 20.6. The minimum Gasteiger partial charge on any atom is -0.358 e. The van der Waals surface area contributed by atoms with Gasteiger partial charge in [0.15, 0.2) is 0 Å². The summed E-state index contributed by atoms with van der Waals surface area (Å²) < 4.78 is 13.6. The highest BCUT2D eigenvalue weighted by atomic mass is 35.5. The van der Waals surface area contributed by atoms with E-state index in [0.29, 0.717) is 36.1 Å². The lowest BCUT2D eigenvalue weighted by Crippen LogP contribution is -2.63. The summed E-state index contributed by atoms with van der Waals surface area (Å²) in [5.74, 6) is -0.841. The van der Waals surface area contributed by atoms with Gasteiger partial charge in [-0.2, -0.15) is 0 Å². The van der Waals surface area contributed by atoms with E-state index < -0.39 is 12.1 Å². The molecule has 0 bridgehead atoms. The van der Waals surface area contributed by atoms with Gasteiger partial charge in [0.1, 0.15) is 11.9 Å². The molecule has 2 aliphatic heterocycles. The summed E-state index contributed by atoms with van der Waals surface area (Å²) in [6.45, 7) is 4.22. The number of halogens is 3. The molecule has 42 heavy (non-hydrogen) atoms. The molecule has 0 radical (unpaired) electrons. The molecule has 0 saturated carbocycles. The van der Waals surface area contributed by atoms with E-state index in [0.717, 1.165) is 43.4 Å². The minimum atomic E-state index is -0.793. The number of carbonyl (C=O) groups excluding carboxylic acids is 3. The number of likely N-dealkylation sites (N-methyl/N-ethyl adjacent to an activating group) is 1. The van der Waals surface area contributed by atoms with Crippen LogP contribution in [0.25, 0.3) is 0 Å². The molecule has 4 atom stereocenters. The van der Waals surface area contributed by atoms with Crippen LogP contribution < -0.4 is 16.0 Å². The van der Waals surface area contributed by atoms with Gasteiger partial charge in [-0.1, -0.05) is 54.7 Å². The molecular formula is C31H40Cl2FN5O3. The average Bonchev–Trinajstić information content (AvgIpc) is 3.52. The fourth-order valence-corrected chi connectivity index (χ4v) is 6.41. The minimum absolute atomic E-state index is 0.124. The number of nitrogens with zero attached hydrogens (tertiary/aromatic N) is 2. The van der Waals surface area contributed by atoms with Crippen LogP contribution in [0.15, 0.2) is 42.5 Å². The SMILES string of the molecule is CCCC1CN(C(Cc2ccc(Cl)cc2Cl)C(=O)NC)CCN1C(=O)C(Cc1ccc(F)cc1)NC(=O)C1CCCN1. The maximum Gasteiger partial charge on any atom is 0.245 e. The molecule has 11 heteroatoms. The van der Waals surface area contributed by atoms with Crippen molar-refractivity contribution in [2.45, 2.75) is 69.6 Å². The molecule has 4 unspecified atom stereocenters. The van der Waals surface area contributed by atoms with Gasteiger partial charge in [-0.15, -0.1) is 0 Å². The smallest absolute Gasteiger partial charge is 0.245 e. The highest BCUT2D eigenvalue weighted by molar-refractivity contribution is 6.35. The fraction of sp³-hybridized carbons (Fsp3) is 0.516. The largest absolute Gasteiger partial charge is 0.358 e. The van der Waals surface area contributed by atoms with Crippen LogP contribution in [0.3, 0.4) is 0 Å². The molecule has 2 saturated heterocycles. The Hall–Kier alpha value is -2.72. The maximum absolute atomic E-state index is 14.1. The third-order valence-electron chi connectivity index (χ3n) is 8.18. The Kier molecular flexibility index (Phi) is 11.6. The van der Waals surface area contributed by atoms with Crippen LogP contribution in [0.4, 0.5) is 4.39 Å². The molecule has 4 rings (SSSR count). The number of hydrogen-bond donors (Lipinski definition) is 3. The van der Waals surface area contributed by atoms with E-state index in [2.05, 4.69) is 27.8 Å². The van der Waals surface area contributed by atoms with E-state index in [1.165, 1.54) is 12.1 Å². The molecule has 2 aromatic rings. The Labute approximate surface area is 257 Å². The van der Waals surface area contributed by atoms with Gasteiger partial charge in [0.2, 0.25) is 17.7 Å². The molecule has 0 spiro atoms.